The number of hydrogen-bond acceptors (Lipinski definition) is 4. The lowest BCUT2D eigenvalue weighted by Crippen LogP contribution is -2.47. The fraction of sp³-hybridized carbons (Fsp3) is 0.562. The number of thioether (sulfide) groups is 1. The van der Waals surface area contributed by atoms with Gasteiger partial charge in [0.1, 0.15) is 5.75 Å². The fourth-order valence-corrected chi connectivity index (χ4v) is 3.64. The number of alkyl halides is 3. The van der Waals surface area contributed by atoms with E-state index in [1.165, 1.54) is 18.2 Å². The van der Waals surface area contributed by atoms with E-state index in [-0.39, 0.29) is 12.3 Å². The van der Waals surface area contributed by atoms with Crippen LogP contribution in [0.25, 0.3) is 0 Å². The monoisotopic (exact) mass is 377 g/mol. The van der Waals surface area contributed by atoms with Crippen LogP contribution in [0.15, 0.2) is 29.3 Å². The summed E-state index contributed by atoms with van der Waals surface area (Å²) in [5.41, 5.74) is -0.454. The molecule has 0 amide bonds. The molecular weight excluding hydrogens is 355 g/mol. The van der Waals surface area contributed by atoms with Crippen molar-refractivity contribution in [2.45, 2.75) is 31.9 Å². The summed E-state index contributed by atoms with van der Waals surface area (Å²) in [5, 5.41) is 16.4. The molecule has 0 bridgehead atoms. The molecule has 1 saturated heterocycles. The summed E-state index contributed by atoms with van der Waals surface area (Å²) >= 11 is 1.69. The molecule has 0 aliphatic carbocycles. The molecule has 1 aromatic rings. The molecule has 25 heavy (non-hydrogen) atoms. The minimum absolute atomic E-state index is 0.0226. The van der Waals surface area contributed by atoms with E-state index in [4.69, 9.17) is 0 Å². The predicted octanol–water partition coefficient (Wildman–Crippen LogP) is 2.51. The van der Waals surface area contributed by atoms with Crippen LogP contribution in [0.2, 0.25) is 0 Å². The number of benzene rings is 1. The van der Waals surface area contributed by atoms with Gasteiger partial charge in [0.05, 0.1) is 12.1 Å². The second-order valence-electron chi connectivity index (χ2n) is 5.73. The third kappa shape index (κ3) is 6.66. The Morgan fingerprint density at radius 3 is 2.76 bits per heavy atom. The first kappa shape index (κ1) is 19.7. The Hall–Kier alpha value is -1.61. The van der Waals surface area contributed by atoms with Gasteiger partial charge in [0, 0.05) is 24.4 Å². The van der Waals surface area contributed by atoms with Gasteiger partial charge in [-0.05, 0) is 25.2 Å². The number of nitrogens with one attached hydrogen (secondary N) is 2. The van der Waals surface area contributed by atoms with E-state index in [0.29, 0.717) is 36.8 Å². The van der Waals surface area contributed by atoms with E-state index < -0.39 is 12.0 Å². The number of para-hydroxylation sites is 1. The summed E-state index contributed by atoms with van der Waals surface area (Å²) in [6.45, 7) is 2.85. The molecule has 140 valence electrons. The van der Waals surface area contributed by atoms with Gasteiger partial charge in [-0.2, -0.15) is 11.8 Å². The second-order valence-corrected chi connectivity index (χ2v) is 6.84. The van der Waals surface area contributed by atoms with Crippen molar-refractivity contribution in [1.82, 2.24) is 10.6 Å². The Bertz CT molecular complexity index is 590. The molecule has 5 nitrogen and oxygen atoms in total. The highest BCUT2D eigenvalue weighted by Gasteiger charge is 2.32. The number of rotatable bonds is 6. The van der Waals surface area contributed by atoms with Crippen LogP contribution in [0.1, 0.15) is 18.9 Å². The minimum atomic E-state index is -4.74. The van der Waals surface area contributed by atoms with E-state index in [2.05, 4.69) is 20.4 Å². The number of aliphatic hydroxyl groups is 1. The quantitative estimate of drug-likeness (QED) is 0.525. The number of nitrogens with zero attached hydrogens (tertiary/aromatic N) is 1. The van der Waals surface area contributed by atoms with Crippen molar-refractivity contribution in [3.05, 3.63) is 29.8 Å². The Balaban J connectivity index is 2.03. The molecule has 0 aromatic heterocycles. The molecule has 1 aromatic carbocycles. The lowest BCUT2D eigenvalue weighted by atomic mass is 10.0. The largest absolute Gasteiger partial charge is 0.573 e. The highest BCUT2D eigenvalue weighted by atomic mass is 32.2. The molecule has 1 heterocycles. The van der Waals surface area contributed by atoms with Crippen molar-refractivity contribution in [2.75, 3.05) is 24.6 Å². The van der Waals surface area contributed by atoms with Crippen LogP contribution in [0.3, 0.4) is 0 Å². The third-order valence-electron chi connectivity index (χ3n) is 3.62. The van der Waals surface area contributed by atoms with Crippen molar-refractivity contribution >= 4 is 17.7 Å². The first-order valence-electron chi connectivity index (χ1n) is 7.97. The standard InChI is InChI=1S/C16H22F3N3O2S/c1-2-20-14(22-10-15(23)7-8-25-11-15)21-9-12-5-3-4-6-13(12)24-16(17,18)19/h3-6,23H,2,7-11H2,1H3,(H2,20,21,22). The van der Waals surface area contributed by atoms with Crippen LogP contribution < -0.4 is 15.4 Å². The van der Waals surface area contributed by atoms with Gasteiger partial charge in [-0.1, -0.05) is 18.2 Å². The normalized spacial score (nSPS) is 21.2. The van der Waals surface area contributed by atoms with Crippen LogP contribution in [-0.2, 0) is 6.54 Å². The Labute approximate surface area is 149 Å². The number of guanidine groups is 1. The van der Waals surface area contributed by atoms with Crippen LogP contribution in [0, 0.1) is 0 Å². The smallest absolute Gasteiger partial charge is 0.405 e. The van der Waals surface area contributed by atoms with Crippen molar-refractivity contribution in [3.63, 3.8) is 0 Å². The number of halogens is 3. The Morgan fingerprint density at radius 1 is 1.36 bits per heavy atom. The number of hydrogen-bond donors (Lipinski definition) is 3. The predicted molar refractivity (Wildman–Crippen MR) is 92.8 cm³/mol. The topological polar surface area (TPSA) is 65.9 Å². The van der Waals surface area contributed by atoms with Crippen LogP contribution >= 0.6 is 11.8 Å². The molecule has 1 fully saturated rings. The second kappa shape index (κ2) is 8.66. The van der Waals surface area contributed by atoms with Crippen LogP contribution in [0.4, 0.5) is 13.2 Å². The maximum atomic E-state index is 12.5. The zero-order valence-corrected chi connectivity index (χ0v) is 14.7. The van der Waals surface area contributed by atoms with Crippen LogP contribution in [-0.4, -0.2) is 47.6 Å². The van der Waals surface area contributed by atoms with Crippen molar-refractivity contribution in [1.29, 1.82) is 0 Å². The SMILES string of the molecule is CCNC(=NCc1ccccc1OC(F)(F)F)NCC1(O)CCSC1. The number of aliphatic imine (C=N–C) groups is 1. The Morgan fingerprint density at radius 2 is 2.12 bits per heavy atom. The van der Waals surface area contributed by atoms with Gasteiger partial charge >= 0.3 is 6.36 Å². The van der Waals surface area contributed by atoms with Crippen molar-refractivity contribution in [2.24, 2.45) is 4.99 Å². The molecule has 0 saturated carbocycles. The molecule has 0 spiro atoms. The maximum absolute atomic E-state index is 12.5. The van der Waals surface area contributed by atoms with E-state index in [0.717, 1.165) is 5.75 Å². The first-order valence-corrected chi connectivity index (χ1v) is 9.13. The zero-order valence-electron chi connectivity index (χ0n) is 13.9. The van der Waals surface area contributed by atoms with Gasteiger partial charge in [-0.3, -0.25) is 0 Å². The summed E-state index contributed by atoms with van der Waals surface area (Å²) in [6, 6.07) is 5.91. The molecule has 1 aliphatic heterocycles. The molecule has 1 unspecified atom stereocenters. The maximum Gasteiger partial charge on any atom is 0.573 e. The summed E-state index contributed by atoms with van der Waals surface area (Å²) in [5.74, 6) is 1.74. The lowest BCUT2D eigenvalue weighted by Gasteiger charge is -2.23. The van der Waals surface area contributed by atoms with Crippen LogP contribution in [0.5, 0.6) is 5.75 Å². The highest BCUT2D eigenvalue weighted by molar-refractivity contribution is 7.99. The van der Waals surface area contributed by atoms with Crippen molar-refractivity contribution < 1.29 is 23.0 Å². The van der Waals surface area contributed by atoms with Gasteiger partial charge in [0.15, 0.2) is 5.96 Å². The molecule has 1 atom stereocenters. The van der Waals surface area contributed by atoms with E-state index >= 15 is 0 Å². The fourth-order valence-electron chi connectivity index (χ4n) is 2.35. The molecule has 0 radical (unpaired) electrons. The summed E-state index contributed by atoms with van der Waals surface area (Å²) in [4.78, 5) is 4.30. The Kier molecular flexibility index (Phi) is 6.83. The molecule has 3 N–H and O–H groups in total. The van der Waals surface area contributed by atoms with Gasteiger partial charge in [-0.15, -0.1) is 13.2 Å². The van der Waals surface area contributed by atoms with E-state index in [1.54, 1.807) is 17.8 Å². The molecule has 1 aliphatic rings. The minimum Gasteiger partial charge on any atom is -0.405 e. The molecule has 2 rings (SSSR count). The summed E-state index contributed by atoms with van der Waals surface area (Å²) < 4.78 is 41.4. The first-order chi connectivity index (χ1) is 11.8. The average molecular weight is 377 g/mol. The number of ether oxygens (including phenoxy) is 1. The summed E-state index contributed by atoms with van der Waals surface area (Å²) in [6.07, 6.45) is -4.04. The van der Waals surface area contributed by atoms with Gasteiger partial charge in [-0.25, -0.2) is 4.99 Å². The highest BCUT2D eigenvalue weighted by Crippen LogP contribution is 2.27. The van der Waals surface area contributed by atoms with E-state index in [1.807, 2.05) is 6.92 Å². The van der Waals surface area contributed by atoms with E-state index in [9.17, 15) is 18.3 Å². The van der Waals surface area contributed by atoms with Gasteiger partial charge < -0.3 is 20.5 Å². The summed E-state index contributed by atoms with van der Waals surface area (Å²) in [7, 11) is 0. The van der Waals surface area contributed by atoms with Gasteiger partial charge in [0.25, 0.3) is 0 Å². The zero-order chi connectivity index (χ0) is 18.3. The van der Waals surface area contributed by atoms with Gasteiger partial charge in [0.2, 0.25) is 0 Å². The average Bonchev–Trinajstić information content (AvgIpc) is 2.97. The molecule has 9 heteroatoms. The molecular formula is C16H22F3N3O2S. The lowest BCUT2D eigenvalue weighted by molar-refractivity contribution is -0.274. The van der Waals surface area contributed by atoms with Crippen molar-refractivity contribution in [3.8, 4) is 5.75 Å². The third-order valence-corrected chi connectivity index (χ3v) is 4.85.